The summed E-state index contributed by atoms with van der Waals surface area (Å²) in [5.41, 5.74) is 0. The zero-order valence-corrected chi connectivity index (χ0v) is 13.4. The Labute approximate surface area is 125 Å². The topological polar surface area (TPSA) is 71.1 Å². The third-order valence-electron chi connectivity index (χ3n) is 3.58. The number of hydrogen-bond acceptors (Lipinski definition) is 5. The van der Waals surface area contributed by atoms with Gasteiger partial charge in [0.1, 0.15) is 5.82 Å². The molecule has 1 saturated carbocycles. The van der Waals surface area contributed by atoms with Gasteiger partial charge in [-0.1, -0.05) is 6.42 Å². The van der Waals surface area contributed by atoms with E-state index in [9.17, 15) is 8.42 Å². The van der Waals surface area contributed by atoms with Gasteiger partial charge in [0.05, 0.1) is 4.90 Å². The van der Waals surface area contributed by atoms with Gasteiger partial charge in [0.15, 0.2) is 0 Å². The molecule has 2 rings (SSSR count). The number of nitrogens with one attached hydrogen (secondary N) is 2. The fourth-order valence-corrected chi connectivity index (χ4v) is 4.59. The highest BCUT2D eigenvalue weighted by molar-refractivity contribution is 7.99. The predicted octanol–water partition coefficient (Wildman–Crippen LogP) is 2.08. The summed E-state index contributed by atoms with van der Waals surface area (Å²) >= 11 is 1.82. The Morgan fingerprint density at radius 1 is 1.40 bits per heavy atom. The molecule has 7 heteroatoms. The van der Waals surface area contributed by atoms with Crippen LogP contribution in [0, 0.1) is 0 Å². The molecule has 1 aromatic heterocycles. The summed E-state index contributed by atoms with van der Waals surface area (Å²) in [5, 5.41) is 3.41. The molecule has 1 heterocycles. The van der Waals surface area contributed by atoms with Crippen molar-refractivity contribution in [2.24, 2.45) is 0 Å². The second kappa shape index (κ2) is 6.78. The standard InChI is InChI=1S/C13H21N3O2S2/c1-14-13-9-12(6-7-15-13)20(17,18)16-10-4-3-5-11(8-10)19-2/h6-7,9-11,16H,3-5,8H2,1-2H3,(H,14,15). The van der Waals surface area contributed by atoms with Crippen molar-refractivity contribution < 1.29 is 8.42 Å². The second-order valence-electron chi connectivity index (χ2n) is 4.97. The fourth-order valence-electron chi connectivity index (χ4n) is 2.47. The van der Waals surface area contributed by atoms with Gasteiger partial charge in [-0.25, -0.2) is 18.1 Å². The summed E-state index contributed by atoms with van der Waals surface area (Å²) in [7, 11) is -1.74. The molecular weight excluding hydrogens is 294 g/mol. The first-order valence-corrected chi connectivity index (χ1v) is 9.51. The van der Waals surface area contributed by atoms with Crippen LogP contribution in [0.25, 0.3) is 0 Å². The van der Waals surface area contributed by atoms with E-state index < -0.39 is 10.0 Å². The number of rotatable bonds is 5. The summed E-state index contributed by atoms with van der Waals surface area (Å²) in [6.45, 7) is 0. The van der Waals surface area contributed by atoms with Crippen LogP contribution in [-0.2, 0) is 10.0 Å². The first-order valence-electron chi connectivity index (χ1n) is 6.74. The number of anilines is 1. The second-order valence-corrected chi connectivity index (χ2v) is 7.82. The molecule has 2 atom stereocenters. The van der Waals surface area contributed by atoms with E-state index in [1.807, 2.05) is 11.8 Å². The minimum atomic E-state index is -3.46. The molecule has 2 unspecified atom stereocenters. The normalized spacial score (nSPS) is 23.5. The largest absolute Gasteiger partial charge is 0.373 e. The van der Waals surface area contributed by atoms with Gasteiger partial charge in [0.25, 0.3) is 0 Å². The van der Waals surface area contributed by atoms with Crippen LogP contribution in [0.2, 0.25) is 0 Å². The van der Waals surface area contributed by atoms with Crippen LogP contribution in [0.15, 0.2) is 23.2 Å². The third kappa shape index (κ3) is 3.86. The van der Waals surface area contributed by atoms with Gasteiger partial charge >= 0.3 is 0 Å². The quantitative estimate of drug-likeness (QED) is 0.870. The van der Waals surface area contributed by atoms with E-state index in [0.29, 0.717) is 11.1 Å². The van der Waals surface area contributed by atoms with E-state index in [-0.39, 0.29) is 10.9 Å². The van der Waals surface area contributed by atoms with Crippen LogP contribution in [0.3, 0.4) is 0 Å². The Balaban J connectivity index is 2.10. The molecule has 0 aromatic carbocycles. The molecule has 20 heavy (non-hydrogen) atoms. The van der Waals surface area contributed by atoms with Gasteiger partial charge < -0.3 is 5.32 Å². The SMILES string of the molecule is CNc1cc(S(=O)(=O)NC2CCCC(SC)C2)ccn1. The average molecular weight is 315 g/mol. The summed E-state index contributed by atoms with van der Waals surface area (Å²) in [6, 6.07) is 3.12. The van der Waals surface area contributed by atoms with Gasteiger partial charge in [-0.15, -0.1) is 0 Å². The monoisotopic (exact) mass is 315 g/mol. The molecular formula is C13H21N3O2S2. The highest BCUT2D eigenvalue weighted by Gasteiger charge is 2.26. The van der Waals surface area contributed by atoms with Crippen LogP contribution in [-0.4, -0.2) is 38.0 Å². The van der Waals surface area contributed by atoms with Crippen molar-refractivity contribution in [1.29, 1.82) is 0 Å². The van der Waals surface area contributed by atoms with E-state index in [1.54, 1.807) is 13.1 Å². The maximum Gasteiger partial charge on any atom is 0.241 e. The minimum Gasteiger partial charge on any atom is -0.373 e. The van der Waals surface area contributed by atoms with E-state index in [1.165, 1.54) is 18.7 Å². The predicted molar refractivity (Wildman–Crippen MR) is 83.7 cm³/mol. The maximum atomic E-state index is 12.4. The highest BCUT2D eigenvalue weighted by atomic mass is 32.2. The van der Waals surface area contributed by atoms with Gasteiger partial charge in [-0.3, -0.25) is 0 Å². The summed E-state index contributed by atoms with van der Waals surface area (Å²) in [4.78, 5) is 4.30. The van der Waals surface area contributed by atoms with Crippen LogP contribution < -0.4 is 10.0 Å². The van der Waals surface area contributed by atoms with Gasteiger partial charge in [0, 0.05) is 30.6 Å². The van der Waals surface area contributed by atoms with E-state index in [0.717, 1.165) is 19.3 Å². The molecule has 1 aliphatic carbocycles. The first kappa shape index (κ1) is 15.6. The Morgan fingerprint density at radius 2 is 2.20 bits per heavy atom. The summed E-state index contributed by atoms with van der Waals surface area (Å²) in [6.07, 6.45) is 7.68. The molecule has 0 saturated heterocycles. The first-order chi connectivity index (χ1) is 9.55. The van der Waals surface area contributed by atoms with Crippen LogP contribution >= 0.6 is 11.8 Å². The molecule has 1 aromatic rings. The van der Waals surface area contributed by atoms with E-state index in [4.69, 9.17) is 0 Å². The van der Waals surface area contributed by atoms with Crippen LogP contribution in [0.4, 0.5) is 5.82 Å². The molecule has 0 amide bonds. The Hall–Kier alpha value is -0.790. The Morgan fingerprint density at radius 3 is 2.90 bits per heavy atom. The number of aromatic nitrogens is 1. The van der Waals surface area contributed by atoms with E-state index >= 15 is 0 Å². The van der Waals surface area contributed by atoms with Crippen molar-refractivity contribution in [1.82, 2.24) is 9.71 Å². The average Bonchev–Trinajstić information content (AvgIpc) is 2.47. The minimum absolute atomic E-state index is 0.0393. The zero-order valence-electron chi connectivity index (χ0n) is 11.8. The molecule has 0 bridgehead atoms. The number of hydrogen-bond donors (Lipinski definition) is 2. The van der Waals surface area contributed by atoms with Crippen molar-refractivity contribution in [3.05, 3.63) is 18.3 Å². The molecule has 1 fully saturated rings. The van der Waals surface area contributed by atoms with Crippen molar-refractivity contribution in [3.8, 4) is 0 Å². The fraction of sp³-hybridized carbons (Fsp3) is 0.615. The van der Waals surface area contributed by atoms with Gasteiger partial charge in [0.2, 0.25) is 10.0 Å². The number of pyridine rings is 1. The van der Waals surface area contributed by atoms with Gasteiger partial charge in [-0.05, 0) is 31.6 Å². The zero-order chi connectivity index (χ0) is 14.6. The molecule has 1 aliphatic rings. The maximum absolute atomic E-state index is 12.4. The summed E-state index contributed by atoms with van der Waals surface area (Å²) < 4.78 is 27.6. The van der Waals surface area contributed by atoms with Gasteiger partial charge in [-0.2, -0.15) is 11.8 Å². The van der Waals surface area contributed by atoms with Crippen molar-refractivity contribution in [2.45, 2.75) is 41.9 Å². The molecule has 0 aliphatic heterocycles. The lowest BCUT2D eigenvalue weighted by molar-refractivity contribution is 0.421. The summed E-state index contributed by atoms with van der Waals surface area (Å²) in [5.74, 6) is 0.554. The molecule has 0 radical (unpaired) electrons. The Kier molecular flexibility index (Phi) is 5.29. The molecule has 5 nitrogen and oxygen atoms in total. The molecule has 2 N–H and O–H groups in total. The van der Waals surface area contributed by atoms with Crippen molar-refractivity contribution in [2.75, 3.05) is 18.6 Å². The van der Waals surface area contributed by atoms with Crippen molar-refractivity contribution in [3.63, 3.8) is 0 Å². The van der Waals surface area contributed by atoms with Crippen LogP contribution in [0.1, 0.15) is 25.7 Å². The van der Waals surface area contributed by atoms with E-state index in [2.05, 4.69) is 21.3 Å². The van der Waals surface area contributed by atoms with Crippen LogP contribution in [0.5, 0.6) is 0 Å². The highest BCUT2D eigenvalue weighted by Crippen LogP contribution is 2.27. The van der Waals surface area contributed by atoms with Crippen molar-refractivity contribution >= 4 is 27.6 Å². The molecule has 112 valence electrons. The lowest BCUT2D eigenvalue weighted by atomic mass is 9.96. The molecule has 0 spiro atoms. The lowest BCUT2D eigenvalue weighted by Gasteiger charge is -2.28. The lowest BCUT2D eigenvalue weighted by Crippen LogP contribution is -2.39. The number of sulfonamides is 1. The number of thioether (sulfide) groups is 1. The smallest absolute Gasteiger partial charge is 0.241 e. The third-order valence-corrected chi connectivity index (χ3v) is 6.19. The number of nitrogens with zero attached hydrogens (tertiary/aromatic N) is 1. The Bertz CT molecular complexity index is 548.